The Kier molecular flexibility index (Phi) is 10.2. The maximum Gasteiger partial charge on any atom is 0.338 e. The van der Waals surface area contributed by atoms with E-state index < -0.39 is 17.2 Å². The van der Waals surface area contributed by atoms with Gasteiger partial charge in [-0.2, -0.15) is 0 Å². The summed E-state index contributed by atoms with van der Waals surface area (Å²) in [7, 11) is 0. The van der Waals surface area contributed by atoms with Crippen LogP contribution >= 0.6 is 23.4 Å². The summed E-state index contributed by atoms with van der Waals surface area (Å²) >= 11 is 7.20. The van der Waals surface area contributed by atoms with Crippen molar-refractivity contribution in [2.24, 2.45) is 4.99 Å². The summed E-state index contributed by atoms with van der Waals surface area (Å²) in [5, 5.41) is 2.99. The zero-order chi connectivity index (χ0) is 29.4. The first-order chi connectivity index (χ1) is 19.8. The number of carbonyl (C=O) groups is 4. The molecule has 0 aromatic heterocycles. The van der Waals surface area contributed by atoms with Crippen LogP contribution in [-0.4, -0.2) is 52.3 Å². The Morgan fingerprint density at radius 3 is 2.02 bits per heavy atom. The number of halogens is 1. The molecular weight excluding hydrogens is 566 g/mol. The number of benzene rings is 3. The molecule has 0 aliphatic carbocycles. The molecule has 1 aliphatic rings. The third-order valence-corrected chi connectivity index (χ3v) is 7.39. The lowest BCUT2D eigenvalue weighted by Crippen LogP contribution is -2.44. The number of ether oxygens (including phenoxy) is 2. The number of esters is 2. The Bertz CT molecular complexity index is 1440. The molecule has 1 aliphatic heterocycles. The molecule has 0 radical (unpaired) electrons. The second-order valence-electron chi connectivity index (χ2n) is 8.87. The van der Waals surface area contributed by atoms with Gasteiger partial charge in [0.05, 0.1) is 36.6 Å². The van der Waals surface area contributed by atoms with E-state index in [0.717, 1.165) is 5.56 Å². The van der Waals surface area contributed by atoms with Crippen LogP contribution in [0.2, 0.25) is 5.02 Å². The van der Waals surface area contributed by atoms with Gasteiger partial charge in [0.25, 0.3) is 0 Å². The summed E-state index contributed by atoms with van der Waals surface area (Å²) in [6, 6.07) is 20.0. The molecule has 212 valence electrons. The molecule has 1 N–H and O–H groups in total. The third kappa shape index (κ3) is 7.96. The number of aliphatic imine (C=N–C) groups is 1. The van der Waals surface area contributed by atoms with Crippen molar-refractivity contribution in [2.45, 2.75) is 32.1 Å². The van der Waals surface area contributed by atoms with Crippen molar-refractivity contribution in [2.75, 3.05) is 18.5 Å². The first kappa shape index (κ1) is 29.8. The molecule has 11 heteroatoms. The first-order valence-electron chi connectivity index (χ1n) is 12.9. The average Bonchev–Trinajstić information content (AvgIpc) is 2.96. The van der Waals surface area contributed by atoms with Gasteiger partial charge in [0.1, 0.15) is 5.25 Å². The van der Waals surface area contributed by atoms with Gasteiger partial charge in [-0.25, -0.2) is 14.6 Å². The summed E-state index contributed by atoms with van der Waals surface area (Å²) in [5.74, 6) is -1.52. The van der Waals surface area contributed by atoms with E-state index in [-0.39, 0.29) is 38.0 Å². The van der Waals surface area contributed by atoms with Gasteiger partial charge in [0, 0.05) is 17.1 Å². The van der Waals surface area contributed by atoms with E-state index in [0.29, 0.717) is 32.7 Å². The molecule has 2 amide bonds. The van der Waals surface area contributed by atoms with Gasteiger partial charge in [-0.15, -0.1) is 0 Å². The molecule has 1 fully saturated rings. The van der Waals surface area contributed by atoms with Gasteiger partial charge in [0.2, 0.25) is 11.8 Å². The van der Waals surface area contributed by atoms with E-state index in [1.807, 2.05) is 12.1 Å². The lowest BCUT2D eigenvalue weighted by Gasteiger charge is -2.32. The van der Waals surface area contributed by atoms with Gasteiger partial charge in [-0.05, 0) is 80.1 Å². The van der Waals surface area contributed by atoms with Gasteiger partial charge in [-0.3, -0.25) is 14.5 Å². The predicted molar refractivity (Wildman–Crippen MR) is 159 cm³/mol. The molecule has 9 nitrogen and oxygen atoms in total. The Hall–Kier alpha value is -4.15. The van der Waals surface area contributed by atoms with Crippen LogP contribution in [0.25, 0.3) is 0 Å². The molecular formula is C30H28ClN3O6S. The highest BCUT2D eigenvalue weighted by Gasteiger charge is 2.36. The number of hydrogen-bond acceptors (Lipinski definition) is 8. The highest BCUT2D eigenvalue weighted by Crippen LogP contribution is 2.31. The Balaban J connectivity index is 1.55. The van der Waals surface area contributed by atoms with Crippen molar-refractivity contribution in [1.29, 1.82) is 0 Å². The third-order valence-electron chi connectivity index (χ3n) is 5.95. The summed E-state index contributed by atoms with van der Waals surface area (Å²) < 4.78 is 10.0. The second kappa shape index (κ2) is 14.0. The maximum atomic E-state index is 13.3. The molecule has 0 bridgehead atoms. The topological polar surface area (TPSA) is 114 Å². The summed E-state index contributed by atoms with van der Waals surface area (Å²) in [6.45, 7) is 4.23. The van der Waals surface area contributed by atoms with Crippen molar-refractivity contribution in [3.05, 3.63) is 94.5 Å². The van der Waals surface area contributed by atoms with Gasteiger partial charge in [0.15, 0.2) is 5.17 Å². The summed E-state index contributed by atoms with van der Waals surface area (Å²) in [4.78, 5) is 56.7. The molecule has 0 unspecified atom stereocenters. The quantitative estimate of drug-likeness (QED) is 0.309. The number of hydrogen-bond donors (Lipinski definition) is 1. The fraction of sp³-hybridized carbons (Fsp3) is 0.233. The van der Waals surface area contributed by atoms with Crippen molar-refractivity contribution < 1.29 is 28.7 Å². The molecule has 3 aromatic carbocycles. The Morgan fingerprint density at radius 2 is 1.46 bits per heavy atom. The smallest absolute Gasteiger partial charge is 0.338 e. The monoisotopic (exact) mass is 593 g/mol. The largest absolute Gasteiger partial charge is 0.462 e. The summed E-state index contributed by atoms with van der Waals surface area (Å²) in [5.41, 5.74) is 2.58. The molecule has 1 atom stereocenters. The lowest BCUT2D eigenvalue weighted by molar-refractivity contribution is -0.129. The van der Waals surface area contributed by atoms with Crippen LogP contribution < -0.4 is 5.32 Å². The molecule has 1 heterocycles. The standard InChI is InChI=1S/C30H28ClN3O6S/c1-3-39-28(37)20-7-13-23(14-8-20)32-27(36)25-17-26(35)34(18-19-5-11-22(31)12-6-19)30(41-25)33-24-15-9-21(10-16-24)29(38)40-4-2/h5-16,25H,3-4,17-18H2,1-2H3,(H,32,36)/t25-/m1/s1. The average molecular weight is 594 g/mol. The van der Waals surface area contributed by atoms with Crippen molar-refractivity contribution in [3.63, 3.8) is 0 Å². The van der Waals surface area contributed by atoms with E-state index in [9.17, 15) is 19.2 Å². The Morgan fingerprint density at radius 1 is 0.902 bits per heavy atom. The molecule has 4 rings (SSSR count). The zero-order valence-corrected chi connectivity index (χ0v) is 24.0. The van der Waals surface area contributed by atoms with Crippen molar-refractivity contribution in [3.8, 4) is 0 Å². The molecule has 41 heavy (non-hydrogen) atoms. The van der Waals surface area contributed by atoms with E-state index in [2.05, 4.69) is 10.3 Å². The number of anilines is 1. The number of amides is 2. The van der Waals surface area contributed by atoms with Crippen molar-refractivity contribution in [1.82, 2.24) is 4.90 Å². The Labute approximate surface area is 246 Å². The summed E-state index contributed by atoms with van der Waals surface area (Å²) in [6.07, 6.45) is -0.0359. The maximum absolute atomic E-state index is 13.3. The van der Waals surface area contributed by atoms with Gasteiger partial charge < -0.3 is 14.8 Å². The second-order valence-corrected chi connectivity index (χ2v) is 10.5. The van der Waals surface area contributed by atoms with Crippen LogP contribution in [0.5, 0.6) is 0 Å². The predicted octanol–water partition coefficient (Wildman–Crippen LogP) is 5.85. The fourth-order valence-corrected chi connectivity index (χ4v) is 5.12. The normalized spacial score (nSPS) is 15.9. The molecule has 1 saturated heterocycles. The number of nitrogens with one attached hydrogen (secondary N) is 1. The van der Waals surface area contributed by atoms with E-state index in [4.69, 9.17) is 21.1 Å². The minimum Gasteiger partial charge on any atom is -0.462 e. The number of thioether (sulfide) groups is 1. The van der Waals surface area contributed by atoms with Crippen LogP contribution in [0.4, 0.5) is 11.4 Å². The SMILES string of the molecule is CCOC(=O)c1ccc(N=C2S[C@@H](C(=O)Nc3ccc(C(=O)OCC)cc3)CC(=O)N2Cc2ccc(Cl)cc2)cc1. The van der Waals surface area contributed by atoms with Crippen LogP contribution in [0.1, 0.15) is 46.5 Å². The minimum atomic E-state index is -0.744. The molecule has 0 spiro atoms. The zero-order valence-electron chi connectivity index (χ0n) is 22.5. The van der Waals surface area contributed by atoms with E-state index in [1.165, 1.54) is 16.7 Å². The van der Waals surface area contributed by atoms with Crippen LogP contribution in [0.15, 0.2) is 77.8 Å². The first-order valence-corrected chi connectivity index (χ1v) is 14.2. The van der Waals surface area contributed by atoms with E-state index in [1.54, 1.807) is 74.5 Å². The molecule has 3 aromatic rings. The highest BCUT2D eigenvalue weighted by molar-refractivity contribution is 8.15. The lowest BCUT2D eigenvalue weighted by atomic mass is 10.2. The number of nitrogens with zero attached hydrogens (tertiary/aromatic N) is 2. The highest BCUT2D eigenvalue weighted by atomic mass is 35.5. The van der Waals surface area contributed by atoms with Gasteiger partial charge >= 0.3 is 11.9 Å². The number of rotatable bonds is 9. The van der Waals surface area contributed by atoms with Crippen LogP contribution in [-0.2, 0) is 25.6 Å². The fourth-order valence-electron chi connectivity index (χ4n) is 3.89. The van der Waals surface area contributed by atoms with Gasteiger partial charge in [-0.1, -0.05) is 35.5 Å². The number of carbonyl (C=O) groups excluding carboxylic acids is 4. The van der Waals surface area contributed by atoms with Crippen LogP contribution in [0.3, 0.4) is 0 Å². The van der Waals surface area contributed by atoms with Crippen molar-refractivity contribution >= 4 is 63.7 Å². The van der Waals surface area contributed by atoms with E-state index >= 15 is 0 Å². The van der Waals surface area contributed by atoms with Crippen LogP contribution in [0, 0.1) is 0 Å². The number of amidine groups is 1. The molecule has 0 saturated carbocycles. The minimum absolute atomic E-state index is 0.0359.